The third-order valence-corrected chi connectivity index (χ3v) is 5.17. The number of nitrogens with one attached hydrogen (secondary N) is 1. The van der Waals surface area contributed by atoms with Crippen molar-refractivity contribution in [3.8, 4) is 5.75 Å². The number of para-hydroxylation sites is 1. The number of ether oxygens (including phenoxy) is 1. The van der Waals surface area contributed by atoms with E-state index in [4.69, 9.17) is 4.74 Å². The molecule has 1 N–H and O–H groups in total. The van der Waals surface area contributed by atoms with Crippen LogP contribution in [0.2, 0.25) is 0 Å². The number of benzene rings is 1. The van der Waals surface area contributed by atoms with Crippen molar-refractivity contribution in [2.75, 3.05) is 18.6 Å². The van der Waals surface area contributed by atoms with Crippen molar-refractivity contribution in [2.24, 2.45) is 11.0 Å². The van der Waals surface area contributed by atoms with E-state index in [0.717, 1.165) is 5.56 Å². The van der Waals surface area contributed by atoms with Gasteiger partial charge in [0.25, 0.3) is 0 Å². The number of rotatable bonds is 5. The van der Waals surface area contributed by atoms with Gasteiger partial charge < -0.3 is 4.74 Å². The summed E-state index contributed by atoms with van der Waals surface area (Å²) in [5.74, 6) is 0.559. The highest BCUT2D eigenvalue weighted by atomic mass is 32.2. The summed E-state index contributed by atoms with van der Waals surface area (Å²) >= 11 is 0. The van der Waals surface area contributed by atoms with E-state index in [1.807, 2.05) is 18.2 Å². The summed E-state index contributed by atoms with van der Waals surface area (Å²) in [6.07, 6.45) is 2.23. The molecule has 0 unspecified atom stereocenters. The second-order valence-corrected chi connectivity index (χ2v) is 7.24. The summed E-state index contributed by atoms with van der Waals surface area (Å²) in [6, 6.07) is 7.30. The van der Waals surface area contributed by atoms with Crippen LogP contribution in [-0.4, -0.2) is 39.2 Å². The van der Waals surface area contributed by atoms with Gasteiger partial charge in [0, 0.05) is 12.0 Å². The molecular weight excluding hydrogens is 292 g/mol. The van der Waals surface area contributed by atoms with Gasteiger partial charge in [-0.1, -0.05) is 12.1 Å². The Hall–Kier alpha value is -1.89. The Morgan fingerprint density at radius 2 is 2.24 bits per heavy atom. The van der Waals surface area contributed by atoms with Gasteiger partial charge in [-0.3, -0.25) is 4.79 Å². The molecule has 114 valence electrons. The lowest BCUT2D eigenvalue weighted by Crippen LogP contribution is -2.21. The highest BCUT2D eigenvalue weighted by molar-refractivity contribution is 7.91. The first kappa shape index (κ1) is 15.5. The second kappa shape index (κ2) is 6.71. The molecule has 1 aromatic carbocycles. The van der Waals surface area contributed by atoms with Crippen LogP contribution in [0.25, 0.3) is 0 Å². The summed E-state index contributed by atoms with van der Waals surface area (Å²) in [5.41, 5.74) is 3.17. The van der Waals surface area contributed by atoms with E-state index in [0.29, 0.717) is 12.2 Å². The van der Waals surface area contributed by atoms with E-state index in [1.54, 1.807) is 13.2 Å². The highest BCUT2D eigenvalue weighted by Gasteiger charge is 2.29. The molecule has 1 fully saturated rings. The lowest BCUT2D eigenvalue weighted by molar-refractivity contribution is -0.121. The first-order valence-electron chi connectivity index (χ1n) is 6.65. The normalized spacial score (nSPS) is 20.5. The Kier molecular flexibility index (Phi) is 4.95. The first-order chi connectivity index (χ1) is 10.00. The molecule has 7 heteroatoms. The zero-order valence-corrected chi connectivity index (χ0v) is 12.6. The average Bonchev–Trinajstić information content (AvgIpc) is 2.78. The molecule has 21 heavy (non-hydrogen) atoms. The van der Waals surface area contributed by atoms with Crippen molar-refractivity contribution in [3.63, 3.8) is 0 Å². The molecule has 0 bridgehead atoms. The predicted octanol–water partition coefficient (Wildman–Crippen LogP) is 0.970. The second-order valence-electron chi connectivity index (χ2n) is 5.01. The SMILES string of the molecule is COc1ccccc1/C=N\NC(=O)C[C@H]1CCS(=O)(=O)C1. The van der Waals surface area contributed by atoms with Crippen LogP contribution in [0.15, 0.2) is 29.4 Å². The van der Waals surface area contributed by atoms with Crippen molar-refractivity contribution in [1.29, 1.82) is 0 Å². The third-order valence-electron chi connectivity index (χ3n) is 3.33. The van der Waals surface area contributed by atoms with E-state index >= 15 is 0 Å². The van der Waals surface area contributed by atoms with Crippen molar-refractivity contribution in [2.45, 2.75) is 12.8 Å². The van der Waals surface area contributed by atoms with Crippen LogP contribution < -0.4 is 10.2 Å². The van der Waals surface area contributed by atoms with Gasteiger partial charge in [-0.25, -0.2) is 13.8 Å². The van der Waals surface area contributed by atoms with Crippen molar-refractivity contribution < 1.29 is 17.9 Å². The zero-order chi connectivity index (χ0) is 15.3. The molecule has 2 rings (SSSR count). The molecule has 1 saturated heterocycles. The minimum Gasteiger partial charge on any atom is -0.496 e. The van der Waals surface area contributed by atoms with E-state index in [1.165, 1.54) is 6.21 Å². The molecular formula is C14H18N2O4S. The number of nitrogens with zero attached hydrogens (tertiary/aromatic N) is 1. The molecule has 1 aliphatic heterocycles. The van der Waals surface area contributed by atoms with Crippen LogP contribution in [0, 0.1) is 5.92 Å². The Morgan fingerprint density at radius 1 is 1.48 bits per heavy atom. The van der Waals surface area contributed by atoms with Crippen LogP contribution >= 0.6 is 0 Å². The Bertz CT molecular complexity index is 640. The maximum atomic E-state index is 11.7. The van der Waals surface area contributed by atoms with Crippen molar-refractivity contribution >= 4 is 22.0 Å². The standard InChI is InChI=1S/C14H18N2O4S/c1-20-13-5-3-2-4-12(13)9-15-16-14(17)8-11-6-7-21(18,19)10-11/h2-5,9,11H,6-8,10H2,1H3,(H,16,17)/b15-9-/t11-/m1/s1. The molecule has 6 nitrogen and oxygen atoms in total. The predicted molar refractivity (Wildman–Crippen MR) is 80.1 cm³/mol. The number of hydrogen-bond donors (Lipinski definition) is 1. The number of carbonyl (C=O) groups is 1. The van der Waals surface area contributed by atoms with Crippen LogP contribution in [0.1, 0.15) is 18.4 Å². The summed E-state index contributed by atoms with van der Waals surface area (Å²) in [6.45, 7) is 0. The fourth-order valence-corrected chi connectivity index (χ4v) is 4.15. The molecule has 1 aromatic rings. The summed E-state index contributed by atoms with van der Waals surface area (Å²) in [5, 5.41) is 3.87. The molecule has 1 atom stereocenters. The van der Waals surface area contributed by atoms with E-state index in [2.05, 4.69) is 10.5 Å². The largest absolute Gasteiger partial charge is 0.496 e. The first-order valence-corrected chi connectivity index (χ1v) is 8.47. The minimum atomic E-state index is -2.95. The fraction of sp³-hybridized carbons (Fsp3) is 0.429. The van der Waals surface area contributed by atoms with Gasteiger partial charge in [-0.05, 0) is 24.5 Å². The zero-order valence-electron chi connectivity index (χ0n) is 11.8. The summed E-state index contributed by atoms with van der Waals surface area (Å²) < 4.78 is 27.8. The number of hydrazone groups is 1. The Labute approximate surface area is 124 Å². The molecule has 1 amide bonds. The Balaban J connectivity index is 1.85. The number of carbonyl (C=O) groups excluding carboxylic acids is 1. The van der Waals surface area contributed by atoms with Crippen molar-refractivity contribution in [3.05, 3.63) is 29.8 Å². The van der Waals surface area contributed by atoms with Gasteiger partial charge in [0.05, 0.1) is 24.8 Å². The molecule has 0 radical (unpaired) electrons. The topological polar surface area (TPSA) is 84.8 Å². The number of sulfone groups is 1. The number of methoxy groups -OCH3 is 1. The summed E-state index contributed by atoms with van der Waals surface area (Å²) in [4.78, 5) is 11.7. The lowest BCUT2D eigenvalue weighted by atomic mass is 10.1. The van der Waals surface area contributed by atoms with Gasteiger partial charge in [0.15, 0.2) is 9.84 Å². The maximum absolute atomic E-state index is 11.7. The smallest absolute Gasteiger partial charge is 0.240 e. The van der Waals surface area contributed by atoms with Crippen molar-refractivity contribution in [1.82, 2.24) is 5.43 Å². The van der Waals surface area contributed by atoms with Gasteiger partial charge in [0.1, 0.15) is 5.75 Å². The fourth-order valence-electron chi connectivity index (χ4n) is 2.29. The molecule has 0 aromatic heterocycles. The maximum Gasteiger partial charge on any atom is 0.240 e. The molecule has 0 saturated carbocycles. The third kappa shape index (κ3) is 4.56. The van der Waals surface area contributed by atoms with E-state index < -0.39 is 9.84 Å². The lowest BCUT2D eigenvalue weighted by Gasteiger charge is -2.06. The summed E-state index contributed by atoms with van der Waals surface area (Å²) in [7, 11) is -1.39. The van der Waals surface area contributed by atoms with E-state index in [-0.39, 0.29) is 29.8 Å². The molecule has 1 aliphatic rings. The van der Waals surface area contributed by atoms with Crippen LogP contribution in [0.3, 0.4) is 0 Å². The number of amides is 1. The monoisotopic (exact) mass is 310 g/mol. The van der Waals surface area contributed by atoms with Crippen LogP contribution in [0.5, 0.6) is 5.75 Å². The van der Waals surface area contributed by atoms with Gasteiger partial charge in [-0.15, -0.1) is 0 Å². The Morgan fingerprint density at radius 3 is 2.90 bits per heavy atom. The number of hydrogen-bond acceptors (Lipinski definition) is 5. The highest BCUT2D eigenvalue weighted by Crippen LogP contribution is 2.21. The molecule has 0 spiro atoms. The van der Waals surface area contributed by atoms with Crippen LogP contribution in [0.4, 0.5) is 0 Å². The van der Waals surface area contributed by atoms with E-state index in [9.17, 15) is 13.2 Å². The van der Waals surface area contributed by atoms with Gasteiger partial charge in [0.2, 0.25) is 5.91 Å². The van der Waals surface area contributed by atoms with Gasteiger partial charge >= 0.3 is 0 Å². The van der Waals surface area contributed by atoms with Crippen LogP contribution in [-0.2, 0) is 14.6 Å². The average molecular weight is 310 g/mol. The van der Waals surface area contributed by atoms with Gasteiger partial charge in [-0.2, -0.15) is 5.10 Å². The quantitative estimate of drug-likeness (QED) is 0.649. The molecule has 1 heterocycles. The molecule has 0 aliphatic carbocycles. The minimum absolute atomic E-state index is 0.0939.